The van der Waals surface area contributed by atoms with E-state index in [-0.39, 0.29) is 11.7 Å². The Labute approximate surface area is 172 Å². The molecule has 148 valence electrons. The van der Waals surface area contributed by atoms with Crippen LogP contribution in [0.25, 0.3) is 21.5 Å². The molecule has 5 nitrogen and oxygen atoms in total. The van der Waals surface area contributed by atoms with Crippen molar-refractivity contribution in [2.45, 2.75) is 6.42 Å². The Morgan fingerprint density at radius 3 is 2.52 bits per heavy atom. The number of phenolic OH excluding ortho intramolecular Hbond substituents is 1. The monoisotopic (exact) mass is 407 g/mol. The first-order valence-corrected chi connectivity index (χ1v) is 10.1. The van der Waals surface area contributed by atoms with Crippen LogP contribution in [0.4, 0.5) is 0 Å². The third-order valence-electron chi connectivity index (χ3n) is 4.92. The van der Waals surface area contributed by atoms with Crippen LogP contribution in [0.15, 0.2) is 53.9 Å². The van der Waals surface area contributed by atoms with E-state index >= 15 is 0 Å². The van der Waals surface area contributed by atoms with Crippen LogP contribution >= 0.6 is 11.3 Å². The van der Waals surface area contributed by atoms with Crippen molar-refractivity contribution in [1.82, 2.24) is 5.32 Å². The molecule has 0 aliphatic carbocycles. The molecule has 1 amide bonds. The van der Waals surface area contributed by atoms with Crippen LogP contribution in [0.1, 0.15) is 15.2 Å². The molecule has 0 bridgehead atoms. The fraction of sp³-hybridized carbons (Fsp3) is 0.174. The SMILES string of the molecule is COc1cc2cc(C(=O)NCCc3cccs3)c3ccc(O)cc3c2cc1OC. The summed E-state index contributed by atoms with van der Waals surface area (Å²) in [7, 11) is 3.16. The predicted octanol–water partition coefficient (Wildman–Crippen LogP) is 4.75. The van der Waals surface area contributed by atoms with Crippen LogP contribution in [-0.2, 0) is 6.42 Å². The van der Waals surface area contributed by atoms with Crippen molar-refractivity contribution in [2.24, 2.45) is 0 Å². The van der Waals surface area contributed by atoms with Gasteiger partial charge in [-0.1, -0.05) is 6.07 Å². The van der Waals surface area contributed by atoms with Crippen molar-refractivity contribution in [3.8, 4) is 17.2 Å². The molecule has 0 saturated carbocycles. The summed E-state index contributed by atoms with van der Waals surface area (Å²) in [6.07, 6.45) is 0.792. The first kappa shape index (κ1) is 19.1. The molecule has 0 fully saturated rings. The van der Waals surface area contributed by atoms with E-state index in [2.05, 4.69) is 11.4 Å². The predicted molar refractivity (Wildman–Crippen MR) is 117 cm³/mol. The van der Waals surface area contributed by atoms with E-state index in [0.717, 1.165) is 28.0 Å². The number of amides is 1. The smallest absolute Gasteiger partial charge is 0.251 e. The average molecular weight is 407 g/mol. The average Bonchev–Trinajstić information content (AvgIpc) is 3.25. The van der Waals surface area contributed by atoms with Gasteiger partial charge >= 0.3 is 0 Å². The molecule has 0 aliphatic heterocycles. The Kier molecular flexibility index (Phi) is 5.27. The molecule has 1 aromatic heterocycles. The minimum absolute atomic E-state index is 0.142. The zero-order valence-corrected chi connectivity index (χ0v) is 17.0. The van der Waals surface area contributed by atoms with Crippen molar-refractivity contribution in [1.29, 1.82) is 0 Å². The fourth-order valence-corrected chi connectivity index (χ4v) is 4.22. The number of rotatable bonds is 6. The van der Waals surface area contributed by atoms with Gasteiger partial charge < -0.3 is 19.9 Å². The van der Waals surface area contributed by atoms with Gasteiger partial charge in [0.1, 0.15) is 5.75 Å². The number of benzene rings is 3. The summed E-state index contributed by atoms with van der Waals surface area (Å²) in [4.78, 5) is 14.2. The number of carbonyl (C=O) groups excluding carboxylic acids is 1. The highest BCUT2D eigenvalue weighted by atomic mass is 32.1. The van der Waals surface area contributed by atoms with Crippen molar-refractivity contribution in [2.75, 3.05) is 20.8 Å². The van der Waals surface area contributed by atoms with Gasteiger partial charge in [-0.15, -0.1) is 11.3 Å². The Balaban J connectivity index is 1.78. The molecule has 3 aromatic carbocycles. The summed E-state index contributed by atoms with van der Waals surface area (Å²) in [6, 6.07) is 14.7. The Hall–Kier alpha value is -3.25. The van der Waals surface area contributed by atoms with E-state index in [1.165, 1.54) is 4.88 Å². The summed E-state index contributed by atoms with van der Waals surface area (Å²) in [5.41, 5.74) is 0.561. The summed E-state index contributed by atoms with van der Waals surface area (Å²) < 4.78 is 10.8. The Morgan fingerprint density at radius 1 is 1.00 bits per heavy atom. The van der Waals surface area contributed by atoms with Gasteiger partial charge in [0.25, 0.3) is 5.91 Å². The van der Waals surface area contributed by atoms with Gasteiger partial charge in [0, 0.05) is 17.0 Å². The maximum atomic E-state index is 13.0. The molecule has 0 aliphatic rings. The van der Waals surface area contributed by atoms with E-state index in [0.29, 0.717) is 23.6 Å². The maximum absolute atomic E-state index is 13.0. The molecule has 0 radical (unpaired) electrons. The lowest BCUT2D eigenvalue weighted by Crippen LogP contribution is -2.25. The third kappa shape index (κ3) is 3.71. The second-order valence-electron chi connectivity index (χ2n) is 6.67. The van der Waals surface area contributed by atoms with Crippen LogP contribution in [0, 0.1) is 0 Å². The number of ether oxygens (including phenoxy) is 2. The number of nitrogens with one attached hydrogen (secondary N) is 1. The number of hydrogen-bond donors (Lipinski definition) is 2. The van der Waals surface area contributed by atoms with Crippen LogP contribution in [0.5, 0.6) is 17.2 Å². The number of fused-ring (bicyclic) bond motifs is 3. The zero-order valence-electron chi connectivity index (χ0n) is 16.2. The lowest BCUT2D eigenvalue weighted by Gasteiger charge is -2.14. The van der Waals surface area contributed by atoms with Crippen molar-refractivity contribution in [3.05, 3.63) is 64.4 Å². The van der Waals surface area contributed by atoms with Gasteiger partial charge in [0.15, 0.2) is 11.5 Å². The minimum Gasteiger partial charge on any atom is -0.508 e. The lowest BCUT2D eigenvalue weighted by atomic mass is 9.96. The molecule has 29 heavy (non-hydrogen) atoms. The molecule has 4 aromatic rings. The molecule has 0 atom stereocenters. The minimum atomic E-state index is -0.145. The van der Waals surface area contributed by atoms with Crippen molar-refractivity contribution >= 4 is 38.8 Å². The Morgan fingerprint density at radius 2 is 1.79 bits per heavy atom. The largest absolute Gasteiger partial charge is 0.508 e. The van der Waals surface area contributed by atoms with Crippen molar-refractivity contribution in [3.63, 3.8) is 0 Å². The molecule has 0 spiro atoms. The van der Waals surface area contributed by atoms with E-state index in [1.807, 2.05) is 29.6 Å². The molecule has 6 heteroatoms. The molecule has 0 saturated heterocycles. The van der Waals surface area contributed by atoms with E-state index in [1.54, 1.807) is 43.8 Å². The summed E-state index contributed by atoms with van der Waals surface area (Å²) >= 11 is 1.68. The van der Waals surface area contributed by atoms with E-state index in [9.17, 15) is 9.90 Å². The fourth-order valence-electron chi connectivity index (χ4n) is 3.51. The quantitative estimate of drug-likeness (QED) is 0.453. The van der Waals surface area contributed by atoms with Crippen LogP contribution in [0.3, 0.4) is 0 Å². The first-order valence-electron chi connectivity index (χ1n) is 9.22. The number of carbonyl (C=O) groups is 1. The van der Waals surface area contributed by atoms with Gasteiger partial charge in [0.2, 0.25) is 0 Å². The summed E-state index contributed by atoms with van der Waals surface area (Å²) in [5, 5.41) is 18.4. The number of hydrogen-bond acceptors (Lipinski definition) is 5. The van der Waals surface area contributed by atoms with Gasteiger partial charge in [-0.05, 0) is 75.8 Å². The third-order valence-corrected chi connectivity index (χ3v) is 5.86. The zero-order chi connectivity index (χ0) is 20.4. The van der Waals surface area contributed by atoms with Crippen LogP contribution in [0.2, 0.25) is 0 Å². The van der Waals surface area contributed by atoms with Gasteiger partial charge in [-0.25, -0.2) is 0 Å². The maximum Gasteiger partial charge on any atom is 0.251 e. The van der Waals surface area contributed by atoms with E-state index in [4.69, 9.17) is 9.47 Å². The molecular formula is C23H21NO4S. The van der Waals surface area contributed by atoms with E-state index < -0.39 is 0 Å². The number of phenols is 1. The van der Waals surface area contributed by atoms with Crippen molar-refractivity contribution < 1.29 is 19.4 Å². The van der Waals surface area contributed by atoms with Crippen LogP contribution in [-0.4, -0.2) is 31.8 Å². The summed E-state index contributed by atoms with van der Waals surface area (Å²) in [5.74, 6) is 1.18. The second kappa shape index (κ2) is 8.01. The molecule has 4 rings (SSSR count). The first-order chi connectivity index (χ1) is 14.1. The highest BCUT2D eigenvalue weighted by molar-refractivity contribution is 7.09. The molecule has 0 unspecified atom stereocenters. The standard InChI is InChI=1S/C23H21NO4S/c1-27-21-11-14-10-20(23(26)24-8-7-16-4-3-9-29-16)17-6-5-15(25)12-19(17)18(14)13-22(21)28-2/h3-6,9-13,25H,7-8H2,1-2H3,(H,24,26). The second-order valence-corrected chi connectivity index (χ2v) is 7.70. The molecule has 1 heterocycles. The summed E-state index contributed by atoms with van der Waals surface area (Å²) in [6.45, 7) is 0.558. The lowest BCUT2D eigenvalue weighted by molar-refractivity contribution is 0.0956. The molecular weight excluding hydrogens is 386 g/mol. The number of thiophene rings is 1. The molecule has 2 N–H and O–H groups in total. The van der Waals surface area contributed by atoms with Crippen LogP contribution < -0.4 is 14.8 Å². The van der Waals surface area contributed by atoms with Gasteiger partial charge in [-0.3, -0.25) is 4.79 Å². The van der Waals surface area contributed by atoms with Gasteiger partial charge in [0.05, 0.1) is 14.2 Å². The topological polar surface area (TPSA) is 67.8 Å². The number of methoxy groups -OCH3 is 2. The Bertz CT molecular complexity index is 1180. The van der Waals surface area contributed by atoms with Gasteiger partial charge in [-0.2, -0.15) is 0 Å². The normalized spacial score (nSPS) is 11.0. The highest BCUT2D eigenvalue weighted by Crippen LogP contribution is 2.38. The highest BCUT2D eigenvalue weighted by Gasteiger charge is 2.16. The number of aromatic hydroxyl groups is 1.